The Morgan fingerprint density at radius 1 is 1.17 bits per heavy atom. The van der Waals surface area contributed by atoms with Gasteiger partial charge in [0.15, 0.2) is 5.96 Å². The van der Waals surface area contributed by atoms with Crippen LogP contribution in [0, 0.1) is 11.8 Å². The largest absolute Gasteiger partial charge is 0.355 e. The van der Waals surface area contributed by atoms with E-state index in [0.717, 1.165) is 42.4 Å². The van der Waals surface area contributed by atoms with Crippen molar-refractivity contribution in [2.75, 3.05) is 57.0 Å². The summed E-state index contributed by atoms with van der Waals surface area (Å²) in [6.45, 7) is 3.87. The first kappa shape index (κ1) is 18.3. The Bertz CT molecular complexity index is 532. The van der Waals surface area contributed by atoms with Crippen LogP contribution in [0.1, 0.15) is 25.7 Å². The number of hydrogen-bond donors (Lipinski definition) is 1. The molecule has 2 heterocycles. The number of thioether (sulfide) groups is 1. The normalized spacial score (nSPS) is 29.5. The lowest BCUT2D eigenvalue weighted by Crippen LogP contribution is -2.45. The van der Waals surface area contributed by atoms with Gasteiger partial charge in [-0.15, -0.1) is 0 Å². The van der Waals surface area contributed by atoms with E-state index in [-0.39, 0.29) is 5.75 Å². The van der Waals surface area contributed by atoms with E-state index >= 15 is 0 Å². The molecule has 8 heteroatoms. The van der Waals surface area contributed by atoms with Gasteiger partial charge >= 0.3 is 0 Å². The molecule has 6 nitrogen and oxygen atoms in total. The minimum absolute atomic E-state index is 0.150. The van der Waals surface area contributed by atoms with Gasteiger partial charge in [-0.25, -0.2) is 12.7 Å². The number of likely N-dealkylation sites (tertiary alicyclic amines) is 1. The molecule has 0 amide bonds. The Hall–Kier alpha value is -0.470. The lowest BCUT2D eigenvalue weighted by molar-refractivity contribution is 0.299. The average Bonchev–Trinajstić information content (AvgIpc) is 3.03. The van der Waals surface area contributed by atoms with Crippen LogP contribution < -0.4 is 5.32 Å². The zero-order valence-corrected chi connectivity index (χ0v) is 16.2. The molecule has 3 fully saturated rings. The quantitative estimate of drug-likeness (QED) is 0.589. The fourth-order valence-corrected chi connectivity index (χ4v) is 6.65. The van der Waals surface area contributed by atoms with Crippen molar-refractivity contribution in [3.05, 3.63) is 0 Å². The number of nitrogens with one attached hydrogen (secondary N) is 1. The predicted molar refractivity (Wildman–Crippen MR) is 101 cm³/mol. The molecule has 0 radical (unpaired) electrons. The molecular weight excluding hydrogens is 344 g/mol. The van der Waals surface area contributed by atoms with Crippen LogP contribution in [0.25, 0.3) is 0 Å². The summed E-state index contributed by atoms with van der Waals surface area (Å²) in [5, 5.41) is 3.28. The van der Waals surface area contributed by atoms with Crippen molar-refractivity contribution in [2.45, 2.75) is 25.7 Å². The SMILES string of the molecule is CN=C(NCCS(=O)(=O)N1CCSCC1)N1CC2CCCCC2C1. The van der Waals surface area contributed by atoms with E-state index in [1.807, 2.05) is 11.8 Å². The minimum Gasteiger partial charge on any atom is -0.355 e. The molecule has 0 spiro atoms. The van der Waals surface area contributed by atoms with Crippen molar-refractivity contribution in [1.29, 1.82) is 0 Å². The van der Waals surface area contributed by atoms with Crippen LogP contribution in [0.3, 0.4) is 0 Å². The van der Waals surface area contributed by atoms with Crippen LogP contribution in [0.2, 0.25) is 0 Å². The Morgan fingerprint density at radius 3 is 2.38 bits per heavy atom. The average molecular weight is 375 g/mol. The van der Waals surface area contributed by atoms with E-state index in [2.05, 4.69) is 15.2 Å². The summed E-state index contributed by atoms with van der Waals surface area (Å²) in [7, 11) is -1.36. The van der Waals surface area contributed by atoms with Gasteiger partial charge < -0.3 is 10.2 Å². The van der Waals surface area contributed by atoms with E-state index in [0.29, 0.717) is 19.6 Å². The summed E-state index contributed by atoms with van der Waals surface area (Å²) < 4.78 is 26.4. The maximum Gasteiger partial charge on any atom is 0.215 e. The van der Waals surface area contributed by atoms with Crippen molar-refractivity contribution in [1.82, 2.24) is 14.5 Å². The van der Waals surface area contributed by atoms with Crippen molar-refractivity contribution in [3.63, 3.8) is 0 Å². The van der Waals surface area contributed by atoms with Gasteiger partial charge in [-0.05, 0) is 24.7 Å². The van der Waals surface area contributed by atoms with E-state index < -0.39 is 10.0 Å². The third kappa shape index (κ3) is 4.38. The number of hydrogen-bond acceptors (Lipinski definition) is 4. The van der Waals surface area contributed by atoms with Gasteiger partial charge in [0.05, 0.1) is 5.75 Å². The van der Waals surface area contributed by atoms with E-state index in [1.54, 1.807) is 11.4 Å². The third-order valence-corrected chi connectivity index (χ3v) is 8.31. The molecular formula is C16H30N4O2S2. The Balaban J connectivity index is 1.48. The topological polar surface area (TPSA) is 65.0 Å². The number of rotatable bonds is 4. The second kappa shape index (κ2) is 8.27. The van der Waals surface area contributed by atoms with Crippen molar-refractivity contribution >= 4 is 27.7 Å². The smallest absolute Gasteiger partial charge is 0.215 e. The summed E-state index contributed by atoms with van der Waals surface area (Å²) in [6.07, 6.45) is 5.37. The van der Waals surface area contributed by atoms with Crippen LogP contribution in [-0.2, 0) is 10.0 Å². The number of aliphatic imine (C=N–C) groups is 1. The van der Waals surface area contributed by atoms with Gasteiger partial charge in [-0.2, -0.15) is 11.8 Å². The zero-order valence-electron chi connectivity index (χ0n) is 14.6. The summed E-state index contributed by atoms with van der Waals surface area (Å²) in [5.41, 5.74) is 0. The number of sulfonamides is 1. The molecule has 1 aliphatic carbocycles. The maximum absolute atomic E-state index is 12.4. The Morgan fingerprint density at radius 2 is 1.79 bits per heavy atom. The fraction of sp³-hybridized carbons (Fsp3) is 0.938. The lowest BCUT2D eigenvalue weighted by atomic mass is 9.82. The summed E-state index contributed by atoms with van der Waals surface area (Å²) in [5.74, 6) is 4.43. The van der Waals surface area contributed by atoms with Crippen LogP contribution in [-0.4, -0.2) is 80.6 Å². The molecule has 1 saturated carbocycles. The highest BCUT2D eigenvalue weighted by Gasteiger charge is 2.35. The first-order chi connectivity index (χ1) is 11.6. The first-order valence-corrected chi connectivity index (χ1v) is 11.9. The molecule has 1 N–H and O–H groups in total. The van der Waals surface area contributed by atoms with Crippen LogP contribution in [0.4, 0.5) is 0 Å². The molecule has 2 saturated heterocycles. The van der Waals surface area contributed by atoms with Gasteiger partial charge in [-0.1, -0.05) is 12.8 Å². The highest BCUT2D eigenvalue weighted by molar-refractivity contribution is 7.99. The molecule has 2 atom stereocenters. The predicted octanol–water partition coefficient (Wildman–Crippen LogP) is 1.06. The third-order valence-electron chi connectivity index (χ3n) is 5.49. The zero-order chi connectivity index (χ0) is 17.0. The Kier molecular flexibility index (Phi) is 6.32. The van der Waals surface area contributed by atoms with Gasteiger partial charge in [0, 0.05) is 51.3 Å². The number of fused-ring (bicyclic) bond motifs is 1. The van der Waals surface area contributed by atoms with Gasteiger partial charge in [0.25, 0.3) is 0 Å². The minimum atomic E-state index is -3.15. The highest BCUT2D eigenvalue weighted by atomic mass is 32.2. The highest BCUT2D eigenvalue weighted by Crippen LogP contribution is 2.35. The standard InChI is InChI=1S/C16H30N4O2S2/c1-17-16(19-12-14-4-2-3-5-15(14)13-19)18-6-11-24(21,22)20-7-9-23-10-8-20/h14-15H,2-13H2,1H3,(H,17,18). The molecule has 3 rings (SSSR count). The van der Waals surface area contributed by atoms with Crippen LogP contribution in [0.5, 0.6) is 0 Å². The molecule has 138 valence electrons. The summed E-state index contributed by atoms with van der Waals surface area (Å²) in [6, 6.07) is 0. The molecule has 2 aliphatic heterocycles. The van der Waals surface area contributed by atoms with Crippen LogP contribution in [0.15, 0.2) is 4.99 Å². The Labute approximate surface area is 150 Å². The van der Waals surface area contributed by atoms with Crippen molar-refractivity contribution in [2.24, 2.45) is 16.8 Å². The second-order valence-electron chi connectivity index (χ2n) is 7.01. The van der Waals surface area contributed by atoms with E-state index in [1.165, 1.54) is 25.7 Å². The molecule has 0 aromatic carbocycles. The summed E-state index contributed by atoms with van der Waals surface area (Å²) in [4.78, 5) is 6.70. The monoisotopic (exact) mass is 374 g/mol. The number of nitrogens with zero attached hydrogens (tertiary/aromatic N) is 3. The van der Waals surface area contributed by atoms with E-state index in [9.17, 15) is 8.42 Å². The van der Waals surface area contributed by atoms with E-state index in [4.69, 9.17) is 0 Å². The molecule has 0 bridgehead atoms. The molecule has 0 aromatic heterocycles. The first-order valence-electron chi connectivity index (χ1n) is 9.11. The van der Waals surface area contributed by atoms with Crippen molar-refractivity contribution in [3.8, 4) is 0 Å². The van der Waals surface area contributed by atoms with Crippen molar-refractivity contribution < 1.29 is 8.42 Å². The summed E-state index contributed by atoms with van der Waals surface area (Å²) >= 11 is 1.83. The second-order valence-corrected chi connectivity index (χ2v) is 10.3. The van der Waals surface area contributed by atoms with Gasteiger partial charge in [-0.3, -0.25) is 4.99 Å². The molecule has 3 aliphatic rings. The fourth-order valence-electron chi connectivity index (χ4n) is 4.16. The molecule has 24 heavy (non-hydrogen) atoms. The van der Waals surface area contributed by atoms with Gasteiger partial charge in [0.2, 0.25) is 10.0 Å². The maximum atomic E-state index is 12.4. The molecule has 0 aromatic rings. The van der Waals surface area contributed by atoms with Crippen LogP contribution >= 0.6 is 11.8 Å². The molecule has 2 unspecified atom stereocenters. The van der Waals surface area contributed by atoms with Gasteiger partial charge in [0.1, 0.15) is 0 Å². The lowest BCUT2D eigenvalue weighted by Gasteiger charge is -2.26. The number of guanidine groups is 1.